The molecule has 0 saturated carbocycles. The molecule has 204 valence electrons. The van der Waals surface area contributed by atoms with Crippen molar-refractivity contribution in [3.8, 4) is 11.5 Å². The summed E-state index contributed by atoms with van der Waals surface area (Å²) >= 11 is 6.09. The van der Waals surface area contributed by atoms with Crippen LogP contribution in [0.4, 0.5) is 8.78 Å². The summed E-state index contributed by atoms with van der Waals surface area (Å²) < 4.78 is 68.3. The van der Waals surface area contributed by atoms with Gasteiger partial charge in [0.05, 0.1) is 24.7 Å². The minimum absolute atomic E-state index is 0.0354. The van der Waals surface area contributed by atoms with Crippen LogP contribution in [0.2, 0.25) is 5.02 Å². The molecule has 0 aromatic heterocycles. The second-order valence-electron chi connectivity index (χ2n) is 8.76. The monoisotopic (exact) mass is 566 g/mol. The highest BCUT2D eigenvalue weighted by molar-refractivity contribution is 7.89. The third kappa shape index (κ3) is 7.42. The molecule has 11 heteroatoms. The molecular formula is C27H29ClF2N2O5S. The van der Waals surface area contributed by atoms with Gasteiger partial charge in [-0.15, -0.1) is 0 Å². The van der Waals surface area contributed by atoms with Crippen LogP contribution in [0.15, 0.2) is 77.7 Å². The van der Waals surface area contributed by atoms with Gasteiger partial charge in [-0.05, 0) is 59.7 Å². The Balaban J connectivity index is 1.39. The van der Waals surface area contributed by atoms with Crippen molar-refractivity contribution < 1.29 is 31.4 Å². The number of rotatable bonds is 11. The van der Waals surface area contributed by atoms with Crippen molar-refractivity contribution in [3.05, 3.63) is 88.9 Å². The number of ether oxygens (including phenoxy) is 3. The smallest absolute Gasteiger partial charge is 0.387 e. The predicted octanol–water partition coefficient (Wildman–Crippen LogP) is 5.21. The normalized spacial score (nSPS) is 15.9. The van der Waals surface area contributed by atoms with E-state index in [9.17, 15) is 17.2 Å². The number of nitrogens with zero attached hydrogens (tertiary/aromatic N) is 2. The topological polar surface area (TPSA) is 68.3 Å². The van der Waals surface area contributed by atoms with Crippen LogP contribution in [-0.2, 0) is 21.4 Å². The zero-order chi connectivity index (χ0) is 27.1. The number of hydrogen-bond acceptors (Lipinski definition) is 6. The van der Waals surface area contributed by atoms with Gasteiger partial charge in [0, 0.05) is 37.7 Å². The molecule has 0 N–H and O–H groups in total. The SMILES string of the molecule is COc1cccc(CO[C@H](CN2CCN(S(=O)(=O)c3ccc(OC(F)F)cc3)CC2)c2ccc(Cl)cc2)c1. The van der Waals surface area contributed by atoms with Crippen LogP contribution in [0.1, 0.15) is 17.2 Å². The number of alkyl halides is 2. The van der Waals surface area contributed by atoms with Gasteiger partial charge < -0.3 is 14.2 Å². The summed E-state index contributed by atoms with van der Waals surface area (Å²) in [5, 5.41) is 0.632. The lowest BCUT2D eigenvalue weighted by Gasteiger charge is -2.36. The highest BCUT2D eigenvalue weighted by Gasteiger charge is 2.30. The number of benzene rings is 3. The average Bonchev–Trinajstić information content (AvgIpc) is 2.92. The van der Waals surface area contributed by atoms with E-state index in [1.54, 1.807) is 7.11 Å². The Kier molecular flexibility index (Phi) is 9.56. The second kappa shape index (κ2) is 12.9. The molecular weight excluding hydrogens is 538 g/mol. The molecule has 1 fully saturated rings. The predicted molar refractivity (Wildman–Crippen MR) is 140 cm³/mol. The fourth-order valence-electron chi connectivity index (χ4n) is 4.22. The van der Waals surface area contributed by atoms with Crippen LogP contribution in [0.5, 0.6) is 11.5 Å². The van der Waals surface area contributed by atoms with E-state index in [2.05, 4.69) is 9.64 Å². The Bertz CT molecular complexity index is 1290. The van der Waals surface area contributed by atoms with Gasteiger partial charge >= 0.3 is 6.61 Å². The lowest BCUT2D eigenvalue weighted by molar-refractivity contribution is -0.0498. The summed E-state index contributed by atoms with van der Waals surface area (Å²) in [6.07, 6.45) is -0.260. The zero-order valence-corrected chi connectivity index (χ0v) is 22.4. The maximum Gasteiger partial charge on any atom is 0.387 e. The molecule has 3 aromatic rings. The van der Waals surface area contributed by atoms with E-state index in [1.165, 1.54) is 28.6 Å². The number of hydrogen-bond donors (Lipinski definition) is 0. The summed E-state index contributed by atoms with van der Waals surface area (Å²) in [5.74, 6) is 0.661. The Morgan fingerprint density at radius 3 is 2.24 bits per heavy atom. The van der Waals surface area contributed by atoms with Crippen molar-refractivity contribution >= 4 is 21.6 Å². The summed E-state index contributed by atoms with van der Waals surface area (Å²) in [6, 6.07) is 20.2. The van der Waals surface area contributed by atoms with Crippen LogP contribution in [0.25, 0.3) is 0 Å². The Morgan fingerprint density at radius 2 is 1.61 bits per heavy atom. The second-order valence-corrected chi connectivity index (χ2v) is 11.1. The van der Waals surface area contributed by atoms with Crippen LogP contribution in [0.3, 0.4) is 0 Å². The van der Waals surface area contributed by atoms with Gasteiger partial charge in [-0.2, -0.15) is 13.1 Å². The number of piperazine rings is 1. The highest BCUT2D eigenvalue weighted by Crippen LogP contribution is 2.26. The molecule has 0 spiro atoms. The molecule has 0 amide bonds. The number of methoxy groups -OCH3 is 1. The van der Waals surface area contributed by atoms with Crippen molar-refractivity contribution in [2.75, 3.05) is 39.8 Å². The molecule has 1 heterocycles. The molecule has 1 saturated heterocycles. The first-order chi connectivity index (χ1) is 18.2. The molecule has 1 atom stereocenters. The van der Waals surface area contributed by atoms with E-state index in [1.807, 2.05) is 48.5 Å². The Labute approximate surface area is 226 Å². The molecule has 1 aliphatic heterocycles. The van der Waals surface area contributed by atoms with Gasteiger partial charge in [0.15, 0.2) is 0 Å². The highest BCUT2D eigenvalue weighted by atomic mass is 35.5. The van der Waals surface area contributed by atoms with Crippen LogP contribution in [-0.4, -0.2) is 64.1 Å². The van der Waals surface area contributed by atoms with Gasteiger partial charge in [-0.1, -0.05) is 35.9 Å². The van der Waals surface area contributed by atoms with Crippen LogP contribution in [0, 0.1) is 0 Å². The summed E-state index contributed by atoms with van der Waals surface area (Å²) in [5.41, 5.74) is 1.95. The molecule has 4 rings (SSSR count). The maximum absolute atomic E-state index is 13.1. The minimum atomic E-state index is -3.76. The van der Waals surface area contributed by atoms with Crippen molar-refractivity contribution in [2.24, 2.45) is 0 Å². The van der Waals surface area contributed by atoms with E-state index in [-0.39, 0.29) is 16.7 Å². The van der Waals surface area contributed by atoms with E-state index in [4.69, 9.17) is 21.1 Å². The van der Waals surface area contributed by atoms with Crippen LogP contribution < -0.4 is 9.47 Å². The third-order valence-electron chi connectivity index (χ3n) is 6.27. The summed E-state index contributed by atoms with van der Waals surface area (Å²) in [6.45, 7) is -0.413. The van der Waals surface area contributed by atoms with Gasteiger partial charge in [0.2, 0.25) is 10.0 Å². The van der Waals surface area contributed by atoms with Crippen LogP contribution >= 0.6 is 11.6 Å². The lowest BCUT2D eigenvalue weighted by atomic mass is 10.1. The molecule has 0 radical (unpaired) electrons. The van der Waals surface area contributed by atoms with E-state index >= 15 is 0 Å². The fourth-order valence-corrected chi connectivity index (χ4v) is 5.77. The maximum atomic E-state index is 13.1. The van der Waals surface area contributed by atoms with E-state index < -0.39 is 16.6 Å². The Morgan fingerprint density at radius 1 is 0.921 bits per heavy atom. The number of sulfonamides is 1. The number of halogens is 3. The first-order valence-electron chi connectivity index (χ1n) is 12.0. The fraction of sp³-hybridized carbons (Fsp3) is 0.333. The molecule has 7 nitrogen and oxygen atoms in total. The molecule has 0 unspecified atom stereocenters. The third-order valence-corrected chi connectivity index (χ3v) is 8.43. The quantitative estimate of drug-likeness (QED) is 0.317. The molecule has 1 aliphatic rings. The van der Waals surface area contributed by atoms with Gasteiger partial charge in [0.25, 0.3) is 0 Å². The first-order valence-corrected chi connectivity index (χ1v) is 13.8. The largest absolute Gasteiger partial charge is 0.497 e. The van der Waals surface area contributed by atoms with Crippen molar-refractivity contribution in [1.29, 1.82) is 0 Å². The lowest BCUT2D eigenvalue weighted by Crippen LogP contribution is -2.49. The van der Waals surface area contributed by atoms with Crippen molar-refractivity contribution in [3.63, 3.8) is 0 Å². The summed E-state index contributed by atoms with van der Waals surface area (Å²) in [4.78, 5) is 2.20. The molecule has 0 aliphatic carbocycles. The molecule has 3 aromatic carbocycles. The van der Waals surface area contributed by atoms with Gasteiger partial charge in [0.1, 0.15) is 11.5 Å². The zero-order valence-electron chi connectivity index (χ0n) is 20.8. The van der Waals surface area contributed by atoms with Gasteiger partial charge in [-0.3, -0.25) is 4.90 Å². The van der Waals surface area contributed by atoms with Crippen molar-refractivity contribution in [1.82, 2.24) is 9.21 Å². The van der Waals surface area contributed by atoms with E-state index in [0.717, 1.165) is 16.9 Å². The standard InChI is InChI=1S/C27H29ClF2N2O5S/c1-35-24-4-2-3-20(17-24)19-36-26(21-5-7-22(28)8-6-21)18-31-13-15-32(16-14-31)38(33,34)25-11-9-23(10-12-25)37-27(29)30/h2-12,17,26-27H,13-16,18-19H2,1H3/t26-/m1/s1. The summed E-state index contributed by atoms with van der Waals surface area (Å²) in [7, 11) is -2.14. The first kappa shape index (κ1) is 28.3. The Hall–Kier alpha value is -2.76. The molecule has 38 heavy (non-hydrogen) atoms. The van der Waals surface area contributed by atoms with E-state index in [0.29, 0.717) is 44.4 Å². The van der Waals surface area contributed by atoms with Crippen molar-refractivity contribution in [2.45, 2.75) is 24.2 Å². The molecule has 0 bridgehead atoms. The average molecular weight is 567 g/mol. The minimum Gasteiger partial charge on any atom is -0.497 e. The van der Waals surface area contributed by atoms with Gasteiger partial charge in [-0.25, -0.2) is 8.42 Å².